The van der Waals surface area contributed by atoms with Crippen LogP contribution in [0.4, 0.5) is 5.69 Å². The van der Waals surface area contributed by atoms with Crippen LogP contribution in [0.2, 0.25) is 0 Å². The Balaban J connectivity index is 2.60. The second-order valence-corrected chi connectivity index (χ2v) is 5.09. The number of phenolic OH excluding ortho intramolecular Hbond substituents is 1. The van der Waals surface area contributed by atoms with E-state index >= 15 is 0 Å². The number of aromatic hydroxyl groups is 1. The molecule has 3 aromatic rings. The number of fused-ring (bicyclic) bond motifs is 2. The fraction of sp³-hybridized carbons (Fsp3) is 0. The van der Waals surface area contributed by atoms with Crippen molar-refractivity contribution >= 4 is 49.8 Å². The standard InChI is InChI=1S/C14H10INO/c15-13-11(16)6-5-9-7-8-3-1-2-4-10(8)14(17)12(9)13/h1-7,17H,16H2. The summed E-state index contributed by atoms with van der Waals surface area (Å²) < 4.78 is 0.906. The van der Waals surface area contributed by atoms with Crippen LogP contribution in [0.25, 0.3) is 21.5 Å². The minimum atomic E-state index is 0.315. The minimum Gasteiger partial charge on any atom is -0.507 e. The molecule has 0 aliphatic rings. The third kappa shape index (κ3) is 1.53. The van der Waals surface area contributed by atoms with Crippen LogP contribution >= 0.6 is 22.6 Å². The van der Waals surface area contributed by atoms with Gasteiger partial charge in [0.2, 0.25) is 0 Å². The maximum absolute atomic E-state index is 10.4. The Labute approximate surface area is 112 Å². The molecule has 0 aromatic heterocycles. The van der Waals surface area contributed by atoms with Crippen molar-refractivity contribution in [3.8, 4) is 5.75 Å². The van der Waals surface area contributed by atoms with Crippen molar-refractivity contribution in [3.05, 3.63) is 46.0 Å². The molecule has 0 amide bonds. The molecule has 0 heterocycles. The highest BCUT2D eigenvalue weighted by molar-refractivity contribution is 14.1. The lowest BCUT2D eigenvalue weighted by atomic mass is 10.0. The van der Waals surface area contributed by atoms with Crippen molar-refractivity contribution in [2.75, 3.05) is 5.73 Å². The molecule has 0 atom stereocenters. The van der Waals surface area contributed by atoms with Crippen LogP contribution < -0.4 is 5.73 Å². The number of nitrogens with two attached hydrogens (primary N) is 1. The number of benzene rings is 3. The van der Waals surface area contributed by atoms with Gasteiger partial charge in [0.15, 0.2) is 0 Å². The van der Waals surface area contributed by atoms with Crippen molar-refractivity contribution in [1.82, 2.24) is 0 Å². The predicted octanol–water partition coefficient (Wildman–Crippen LogP) is 3.89. The molecule has 0 fully saturated rings. The number of phenols is 1. The molecule has 0 bridgehead atoms. The second-order valence-electron chi connectivity index (χ2n) is 4.01. The molecule has 0 unspecified atom stereocenters. The summed E-state index contributed by atoms with van der Waals surface area (Å²) in [6, 6.07) is 13.7. The summed E-state index contributed by atoms with van der Waals surface area (Å²) in [4.78, 5) is 0. The van der Waals surface area contributed by atoms with Gasteiger partial charge in [0.25, 0.3) is 0 Å². The predicted molar refractivity (Wildman–Crippen MR) is 80.2 cm³/mol. The summed E-state index contributed by atoms with van der Waals surface area (Å²) in [6.07, 6.45) is 0. The molecule has 3 N–H and O–H groups in total. The van der Waals surface area contributed by atoms with Gasteiger partial charge in [0.1, 0.15) is 5.75 Å². The van der Waals surface area contributed by atoms with Gasteiger partial charge in [0, 0.05) is 20.0 Å². The summed E-state index contributed by atoms with van der Waals surface area (Å²) in [5.74, 6) is 0.315. The van der Waals surface area contributed by atoms with E-state index in [-0.39, 0.29) is 0 Å². The first-order valence-electron chi connectivity index (χ1n) is 5.27. The van der Waals surface area contributed by atoms with Gasteiger partial charge in [-0.15, -0.1) is 0 Å². The van der Waals surface area contributed by atoms with Crippen LogP contribution in [0.15, 0.2) is 42.5 Å². The molecule has 3 aromatic carbocycles. The molecule has 0 saturated heterocycles. The van der Waals surface area contributed by atoms with Gasteiger partial charge in [-0.05, 0) is 45.5 Å². The van der Waals surface area contributed by atoms with E-state index < -0.39 is 0 Å². The maximum atomic E-state index is 10.4. The van der Waals surface area contributed by atoms with Crippen LogP contribution in [0.1, 0.15) is 0 Å². The first kappa shape index (κ1) is 10.7. The minimum absolute atomic E-state index is 0.315. The topological polar surface area (TPSA) is 46.2 Å². The van der Waals surface area contributed by atoms with Crippen LogP contribution in [0.5, 0.6) is 5.75 Å². The number of anilines is 1. The average Bonchev–Trinajstić information content (AvgIpc) is 2.34. The lowest BCUT2D eigenvalue weighted by Gasteiger charge is -2.09. The number of hydrogen-bond acceptors (Lipinski definition) is 2. The van der Waals surface area contributed by atoms with E-state index in [0.29, 0.717) is 11.4 Å². The quantitative estimate of drug-likeness (QED) is 0.372. The second kappa shape index (κ2) is 3.77. The highest BCUT2D eigenvalue weighted by Crippen LogP contribution is 2.38. The summed E-state index contributed by atoms with van der Waals surface area (Å²) in [5.41, 5.74) is 6.58. The highest BCUT2D eigenvalue weighted by atomic mass is 127. The van der Waals surface area contributed by atoms with Crippen molar-refractivity contribution in [2.24, 2.45) is 0 Å². The zero-order valence-corrected chi connectivity index (χ0v) is 11.1. The molecule has 3 rings (SSSR count). The Bertz CT molecular complexity index is 737. The molecule has 3 heteroatoms. The Hall–Kier alpha value is -1.49. The van der Waals surface area contributed by atoms with Crippen molar-refractivity contribution in [3.63, 3.8) is 0 Å². The van der Waals surface area contributed by atoms with Gasteiger partial charge in [-0.3, -0.25) is 0 Å². The van der Waals surface area contributed by atoms with Crippen molar-refractivity contribution in [2.45, 2.75) is 0 Å². The summed E-state index contributed by atoms with van der Waals surface area (Å²) in [7, 11) is 0. The van der Waals surface area contributed by atoms with E-state index in [4.69, 9.17) is 5.73 Å². The van der Waals surface area contributed by atoms with E-state index in [1.807, 2.05) is 36.4 Å². The third-order valence-corrected chi connectivity index (χ3v) is 4.13. The molecule has 17 heavy (non-hydrogen) atoms. The van der Waals surface area contributed by atoms with E-state index in [1.54, 1.807) is 0 Å². The van der Waals surface area contributed by atoms with Crippen molar-refractivity contribution < 1.29 is 5.11 Å². The number of nitrogen functional groups attached to an aromatic ring is 1. The third-order valence-electron chi connectivity index (χ3n) is 2.97. The number of rotatable bonds is 0. The van der Waals surface area contributed by atoms with Gasteiger partial charge in [-0.25, -0.2) is 0 Å². The van der Waals surface area contributed by atoms with Gasteiger partial charge in [-0.2, -0.15) is 0 Å². The van der Waals surface area contributed by atoms with Crippen LogP contribution in [-0.4, -0.2) is 5.11 Å². The molecule has 0 aliphatic carbocycles. The smallest absolute Gasteiger partial charge is 0.132 e. The van der Waals surface area contributed by atoms with E-state index in [1.165, 1.54) is 0 Å². The normalized spacial score (nSPS) is 11.1. The molecule has 2 nitrogen and oxygen atoms in total. The monoisotopic (exact) mass is 335 g/mol. The summed E-state index contributed by atoms with van der Waals surface area (Å²) in [5, 5.41) is 14.1. The molecular formula is C14H10INO. The average molecular weight is 335 g/mol. The van der Waals surface area contributed by atoms with Crippen LogP contribution in [-0.2, 0) is 0 Å². The largest absolute Gasteiger partial charge is 0.507 e. The fourth-order valence-electron chi connectivity index (χ4n) is 2.11. The van der Waals surface area contributed by atoms with E-state index in [9.17, 15) is 5.11 Å². The van der Waals surface area contributed by atoms with Gasteiger partial charge in [0.05, 0.1) is 0 Å². The molecule has 0 radical (unpaired) electrons. The lowest BCUT2D eigenvalue weighted by Crippen LogP contribution is -1.90. The Morgan fingerprint density at radius 1 is 1.00 bits per heavy atom. The SMILES string of the molecule is Nc1ccc2cc3ccccc3c(O)c2c1I. The van der Waals surface area contributed by atoms with Crippen LogP contribution in [0.3, 0.4) is 0 Å². The van der Waals surface area contributed by atoms with Gasteiger partial charge in [-0.1, -0.05) is 30.3 Å². The summed E-state index contributed by atoms with van der Waals surface area (Å²) >= 11 is 2.18. The molecule has 0 saturated carbocycles. The lowest BCUT2D eigenvalue weighted by molar-refractivity contribution is 0.487. The van der Waals surface area contributed by atoms with Crippen LogP contribution in [0, 0.1) is 3.57 Å². The Morgan fingerprint density at radius 3 is 2.59 bits per heavy atom. The van der Waals surface area contributed by atoms with E-state index in [2.05, 4.69) is 28.7 Å². The van der Waals surface area contributed by atoms with Crippen molar-refractivity contribution in [1.29, 1.82) is 0 Å². The Kier molecular flexibility index (Phi) is 2.36. The zero-order valence-electron chi connectivity index (χ0n) is 8.94. The number of hydrogen-bond donors (Lipinski definition) is 2. The zero-order chi connectivity index (χ0) is 12.0. The van der Waals surface area contributed by atoms with Gasteiger partial charge < -0.3 is 10.8 Å². The fourth-order valence-corrected chi connectivity index (χ4v) is 2.86. The summed E-state index contributed by atoms with van der Waals surface area (Å²) in [6.45, 7) is 0. The van der Waals surface area contributed by atoms with E-state index in [0.717, 1.165) is 25.1 Å². The molecule has 0 spiro atoms. The maximum Gasteiger partial charge on any atom is 0.132 e. The molecule has 0 aliphatic heterocycles. The highest BCUT2D eigenvalue weighted by Gasteiger charge is 2.10. The molecular weight excluding hydrogens is 325 g/mol. The van der Waals surface area contributed by atoms with Gasteiger partial charge >= 0.3 is 0 Å². The first-order chi connectivity index (χ1) is 8.18. The first-order valence-corrected chi connectivity index (χ1v) is 6.35. The number of halogens is 1. The Morgan fingerprint density at radius 2 is 1.76 bits per heavy atom. The molecule has 84 valence electrons.